The lowest BCUT2D eigenvalue weighted by atomic mass is 10.1. The van der Waals surface area contributed by atoms with E-state index in [1.165, 1.54) is 0 Å². The zero-order valence-corrected chi connectivity index (χ0v) is 10.1. The summed E-state index contributed by atoms with van der Waals surface area (Å²) in [4.78, 5) is 13.4. The number of hydrogen-bond acceptors (Lipinski definition) is 3. The van der Waals surface area contributed by atoms with Gasteiger partial charge in [-0.3, -0.25) is 0 Å². The number of hydrogen-bond donors (Lipinski definition) is 1. The van der Waals surface area contributed by atoms with E-state index in [4.69, 9.17) is 10.5 Å². The fraction of sp³-hybridized carbons (Fsp3) is 0.462. The second kappa shape index (κ2) is 5.08. The molecule has 17 heavy (non-hydrogen) atoms. The number of anilines is 1. The number of carbonyl (C=O) groups excluding carboxylic acids is 1. The van der Waals surface area contributed by atoms with E-state index in [0.29, 0.717) is 6.54 Å². The van der Waals surface area contributed by atoms with Gasteiger partial charge in [0.05, 0.1) is 6.54 Å². The van der Waals surface area contributed by atoms with Crippen LogP contribution in [0.4, 0.5) is 10.5 Å². The number of amides is 1. The van der Waals surface area contributed by atoms with Gasteiger partial charge in [-0.2, -0.15) is 0 Å². The molecule has 0 saturated carbocycles. The number of carbonyl (C=O) groups is 1. The maximum atomic E-state index is 11.6. The average Bonchev–Trinajstić information content (AvgIpc) is 2.69. The Balaban J connectivity index is 2.00. The van der Waals surface area contributed by atoms with Gasteiger partial charge >= 0.3 is 6.09 Å². The summed E-state index contributed by atoms with van der Waals surface area (Å²) in [6.45, 7) is 3.53. The van der Waals surface area contributed by atoms with Crippen molar-refractivity contribution in [2.75, 3.05) is 18.8 Å². The van der Waals surface area contributed by atoms with Crippen molar-refractivity contribution < 1.29 is 9.53 Å². The Kier molecular flexibility index (Phi) is 3.52. The van der Waals surface area contributed by atoms with Crippen LogP contribution < -0.4 is 5.73 Å². The molecule has 1 fully saturated rings. The third-order valence-electron chi connectivity index (χ3n) is 2.98. The number of nitrogen functional groups attached to an aromatic ring is 1. The van der Waals surface area contributed by atoms with Crippen LogP contribution in [0.3, 0.4) is 0 Å². The minimum atomic E-state index is -0.208. The first kappa shape index (κ1) is 11.8. The first-order chi connectivity index (χ1) is 8.20. The number of unbranched alkanes of at least 4 members (excludes halogenated alkanes) is 1. The van der Waals surface area contributed by atoms with Crippen LogP contribution in [0.5, 0.6) is 0 Å². The molecule has 1 aliphatic rings. The van der Waals surface area contributed by atoms with Crippen LogP contribution in [0.2, 0.25) is 0 Å². The summed E-state index contributed by atoms with van der Waals surface area (Å²) in [6.07, 6.45) is 1.74. The van der Waals surface area contributed by atoms with Crippen molar-refractivity contribution in [3.8, 4) is 0 Å². The summed E-state index contributed by atoms with van der Waals surface area (Å²) in [5.41, 5.74) is 7.36. The Labute approximate surface area is 101 Å². The minimum Gasteiger partial charge on any atom is -0.439 e. The molecule has 4 nitrogen and oxygen atoms in total. The number of nitrogens with two attached hydrogens (primary N) is 1. The van der Waals surface area contributed by atoms with Crippen LogP contribution in [-0.4, -0.2) is 24.1 Å². The van der Waals surface area contributed by atoms with Gasteiger partial charge in [0, 0.05) is 12.2 Å². The summed E-state index contributed by atoms with van der Waals surface area (Å²) in [5, 5.41) is 0. The largest absolute Gasteiger partial charge is 0.439 e. The number of cyclic esters (lactones) is 1. The average molecular weight is 234 g/mol. The second-order valence-electron chi connectivity index (χ2n) is 4.34. The quantitative estimate of drug-likeness (QED) is 0.814. The monoisotopic (exact) mass is 234 g/mol. The van der Waals surface area contributed by atoms with E-state index < -0.39 is 0 Å². The lowest BCUT2D eigenvalue weighted by molar-refractivity contribution is 0.132. The van der Waals surface area contributed by atoms with Gasteiger partial charge in [0.25, 0.3) is 0 Å². The molecule has 1 aromatic rings. The van der Waals surface area contributed by atoms with Crippen molar-refractivity contribution in [3.63, 3.8) is 0 Å². The van der Waals surface area contributed by atoms with Crippen LogP contribution in [0.15, 0.2) is 24.3 Å². The minimum absolute atomic E-state index is 0.153. The highest BCUT2D eigenvalue weighted by atomic mass is 16.6. The highest BCUT2D eigenvalue weighted by molar-refractivity contribution is 5.70. The standard InChI is InChI=1S/C13H18N2O2/c1-2-3-8-15-9-12(17-13(15)16)10-4-6-11(14)7-5-10/h4-7,12H,2-3,8-9,14H2,1H3. The van der Waals surface area contributed by atoms with E-state index in [2.05, 4.69) is 6.92 Å². The van der Waals surface area contributed by atoms with Gasteiger partial charge in [0.2, 0.25) is 0 Å². The van der Waals surface area contributed by atoms with Crippen LogP contribution in [0, 0.1) is 0 Å². The van der Waals surface area contributed by atoms with Crippen molar-refractivity contribution in [1.82, 2.24) is 4.90 Å². The fourth-order valence-electron chi connectivity index (χ4n) is 1.92. The van der Waals surface area contributed by atoms with Crippen LogP contribution in [0.1, 0.15) is 31.4 Å². The van der Waals surface area contributed by atoms with Gasteiger partial charge in [0.1, 0.15) is 6.10 Å². The van der Waals surface area contributed by atoms with Gasteiger partial charge in [-0.15, -0.1) is 0 Å². The molecule has 2 N–H and O–H groups in total. The number of ether oxygens (including phenoxy) is 1. The van der Waals surface area contributed by atoms with E-state index >= 15 is 0 Å². The molecule has 2 rings (SSSR count). The van der Waals surface area contributed by atoms with Crippen molar-refractivity contribution in [2.24, 2.45) is 0 Å². The molecule has 1 heterocycles. The molecular formula is C13H18N2O2. The van der Waals surface area contributed by atoms with E-state index in [1.807, 2.05) is 24.3 Å². The fourth-order valence-corrected chi connectivity index (χ4v) is 1.92. The molecule has 1 aliphatic heterocycles. The topological polar surface area (TPSA) is 55.6 Å². The third-order valence-corrected chi connectivity index (χ3v) is 2.98. The Bertz CT molecular complexity index is 389. The summed E-state index contributed by atoms with van der Waals surface area (Å²) in [6, 6.07) is 7.49. The van der Waals surface area contributed by atoms with Crippen LogP contribution in [0.25, 0.3) is 0 Å². The summed E-state index contributed by atoms with van der Waals surface area (Å²) in [5.74, 6) is 0. The predicted molar refractivity (Wildman–Crippen MR) is 66.6 cm³/mol. The zero-order valence-electron chi connectivity index (χ0n) is 10.1. The van der Waals surface area contributed by atoms with E-state index in [-0.39, 0.29) is 12.2 Å². The van der Waals surface area contributed by atoms with E-state index in [1.54, 1.807) is 4.90 Å². The Morgan fingerprint density at radius 2 is 2.12 bits per heavy atom. The zero-order chi connectivity index (χ0) is 12.3. The Morgan fingerprint density at radius 1 is 1.41 bits per heavy atom. The van der Waals surface area contributed by atoms with Gasteiger partial charge in [-0.1, -0.05) is 25.5 Å². The highest BCUT2D eigenvalue weighted by Crippen LogP contribution is 2.26. The van der Waals surface area contributed by atoms with Crippen molar-refractivity contribution in [2.45, 2.75) is 25.9 Å². The second-order valence-corrected chi connectivity index (χ2v) is 4.34. The molecule has 1 unspecified atom stereocenters. The first-order valence-electron chi connectivity index (χ1n) is 6.01. The molecular weight excluding hydrogens is 216 g/mol. The SMILES string of the molecule is CCCCN1CC(c2ccc(N)cc2)OC1=O. The van der Waals surface area contributed by atoms with Gasteiger partial charge in [-0.05, 0) is 24.1 Å². The number of benzene rings is 1. The third kappa shape index (κ3) is 2.70. The van der Waals surface area contributed by atoms with Crippen LogP contribution >= 0.6 is 0 Å². The molecule has 0 radical (unpaired) electrons. The molecule has 0 aliphatic carbocycles. The predicted octanol–water partition coefficient (Wildman–Crippen LogP) is 2.56. The molecule has 1 atom stereocenters. The van der Waals surface area contributed by atoms with Crippen molar-refractivity contribution in [3.05, 3.63) is 29.8 Å². The lowest BCUT2D eigenvalue weighted by Crippen LogP contribution is -2.25. The first-order valence-corrected chi connectivity index (χ1v) is 6.01. The summed E-state index contributed by atoms with van der Waals surface area (Å²) < 4.78 is 5.34. The lowest BCUT2D eigenvalue weighted by Gasteiger charge is -2.11. The van der Waals surface area contributed by atoms with E-state index in [9.17, 15) is 4.79 Å². The van der Waals surface area contributed by atoms with Gasteiger partial charge in [-0.25, -0.2) is 4.79 Å². The van der Waals surface area contributed by atoms with Crippen molar-refractivity contribution >= 4 is 11.8 Å². The number of nitrogens with zero attached hydrogens (tertiary/aromatic N) is 1. The Morgan fingerprint density at radius 3 is 2.76 bits per heavy atom. The van der Waals surface area contributed by atoms with Crippen molar-refractivity contribution in [1.29, 1.82) is 0 Å². The molecule has 0 aromatic heterocycles. The molecule has 0 spiro atoms. The smallest absolute Gasteiger partial charge is 0.410 e. The molecule has 92 valence electrons. The summed E-state index contributed by atoms with van der Waals surface area (Å²) in [7, 11) is 0. The van der Waals surface area contributed by atoms with Gasteiger partial charge in [0.15, 0.2) is 0 Å². The van der Waals surface area contributed by atoms with Gasteiger partial charge < -0.3 is 15.4 Å². The normalized spacial score (nSPS) is 19.5. The van der Waals surface area contributed by atoms with Crippen LogP contribution in [-0.2, 0) is 4.74 Å². The maximum absolute atomic E-state index is 11.6. The number of rotatable bonds is 4. The molecule has 1 saturated heterocycles. The molecule has 0 bridgehead atoms. The molecule has 4 heteroatoms. The van der Waals surface area contributed by atoms with E-state index in [0.717, 1.165) is 30.6 Å². The molecule has 1 amide bonds. The summed E-state index contributed by atoms with van der Waals surface area (Å²) >= 11 is 0. The maximum Gasteiger partial charge on any atom is 0.410 e. The molecule has 1 aromatic carbocycles. The highest BCUT2D eigenvalue weighted by Gasteiger charge is 2.31. The Hall–Kier alpha value is -1.71.